The van der Waals surface area contributed by atoms with Crippen LogP contribution in [0.5, 0.6) is 6.01 Å². The molecule has 0 bridgehead atoms. The third kappa shape index (κ3) is 3.33. The van der Waals surface area contributed by atoms with E-state index in [1.165, 1.54) is 14.0 Å². The van der Waals surface area contributed by atoms with Crippen molar-refractivity contribution >= 4 is 37.3 Å². The van der Waals surface area contributed by atoms with E-state index < -0.39 is 34.2 Å². The lowest BCUT2D eigenvalue weighted by molar-refractivity contribution is -0.137. The molecule has 0 saturated carbocycles. The van der Waals surface area contributed by atoms with E-state index in [9.17, 15) is 18.0 Å². The van der Waals surface area contributed by atoms with Gasteiger partial charge in [-0.3, -0.25) is 9.78 Å². The average molecular weight is 426 g/mol. The van der Waals surface area contributed by atoms with Crippen LogP contribution in [0.25, 0.3) is 22.0 Å². The van der Waals surface area contributed by atoms with Crippen LogP contribution in [0.3, 0.4) is 0 Å². The van der Waals surface area contributed by atoms with Gasteiger partial charge in [-0.1, -0.05) is 0 Å². The molecular formula is C18H15F4N4O2P. The van der Waals surface area contributed by atoms with Crippen molar-refractivity contribution in [3.05, 3.63) is 45.0 Å². The monoisotopic (exact) mass is 426 g/mol. The molecule has 2 aromatic carbocycles. The Morgan fingerprint density at radius 3 is 2.52 bits per heavy atom. The molecule has 0 aliphatic rings. The van der Waals surface area contributed by atoms with E-state index in [4.69, 9.17) is 15.9 Å². The van der Waals surface area contributed by atoms with Gasteiger partial charge in [0.1, 0.15) is 5.82 Å². The molecule has 6 nitrogen and oxygen atoms in total. The Kier molecular flexibility index (Phi) is 5.08. The van der Waals surface area contributed by atoms with Crippen LogP contribution >= 0.6 is 9.24 Å². The van der Waals surface area contributed by atoms with Gasteiger partial charge in [0.25, 0.3) is 11.6 Å². The molecule has 29 heavy (non-hydrogen) atoms. The first-order valence-electron chi connectivity index (χ1n) is 8.08. The summed E-state index contributed by atoms with van der Waals surface area (Å²) >= 11 is 0. The van der Waals surface area contributed by atoms with Crippen LogP contribution in [0.1, 0.15) is 16.7 Å². The molecule has 11 heteroatoms. The molecule has 3 rings (SSSR count). The number of hydrogen-bond acceptors (Lipinski definition) is 5. The molecule has 0 amide bonds. The summed E-state index contributed by atoms with van der Waals surface area (Å²) in [4.78, 5) is 18.5. The molecule has 0 fully saturated rings. The first-order valence-corrected chi connectivity index (χ1v) is 8.66. The van der Waals surface area contributed by atoms with Gasteiger partial charge in [0, 0.05) is 33.9 Å². The Morgan fingerprint density at radius 2 is 1.97 bits per heavy atom. The zero-order valence-corrected chi connectivity index (χ0v) is 16.3. The number of nitrogen functional groups attached to an aromatic ring is 1. The van der Waals surface area contributed by atoms with Gasteiger partial charge in [0.15, 0.2) is 0 Å². The highest BCUT2D eigenvalue weighted by Crippen LogP contribution is 2.43. The van der Waals surface area contributed by atoms with Crippen molar-refractivity contribution in [3.63, 3.8) is 0 Å². The molecule has 1 unspecified atom stereocenters. The first kappa shape index (κ1) is 20.7. The minimum Gasteiger partial charge on any atom is -0.468 e. The number of aromatic amines is 1. The van der Waals surface area contributed by atoms with Gasteiger partial charge in [-0.2, -0.15) is 18.2 Å². The number of nitrogens with zero attached hydrogens (tertiary/aromatic N) is 1. The highest BCUT2D eigenvalue weighted by Gasteiger charge is 2.38. The Morgan fingerprint density at radius 1 is 1.31 bits per heavy atom. The molecule has 1 heterocycles. The number of hydrogen-bond donors (Lipinski definition) is 3. The number of ether oxygens (including phenoxy) is 1. The average Bonchev–Trinajstić information content (AvgIpc) is 2.61. The molecule has 0 saturated heterocycles. The molecule has 4 N–H and O–H groups in total. The predicted molar refractivity (Wildman–Crippen MR) is 106 cm³/mol. The van der Waals surface area contributed by atoms with Crippen molar-refractivity contribution in [1.29, 1.82) is 5.41 Å². The van der Waals surface area contributed by atoms with Crippen LogP contribution in [0, 0.1) is 18.2 Å². The zero-order chi connectivity index (χ0) is 21.7. The van der Waals surface area contributed by atoms with E-state index in [0.29, 0.717) is 6.21 Å². The van der Waals surface area contributed by atoms with Gasteiger partial charge in [-0.15, -0.1) is 9.24 Å². The number of benzene rings is 2. The van der Waals surface area contributed by atoms with Crippen LogP contribution < -0.4 is 21.3 Å². The second kappa shape index (κ2) is 7.11. The number of nitrogens with one attached hydrogen (secondary N) is 2. The van der Waals surface area contributed by atoms with Crippen LogP contribution in [0.2, 0.25) is 0 Å². The normalized spacial score (nSPS) is 11.7. The van der Waals surface area contributed by atoms with E-state index in [0.717, 1.165) is 12.1 Å². The summed E-state index contributed by atoms with van der Waals surface area (Å²) in [6.07, 6.45) is -4.21. The summed E-state index contributed by atoms with van der Waals surface area (Å²) in [7, 11) is 3.36. The van der Waals surface area contributed by atoms with Gasteiger partial charge < -0.3 is 15.9 Å². The van der Waals surface area contributed by atoms with E-state index >= 15 is 4.39 Å². The predicted octanol–water partition coefficient (Wildman–Crippen LogP) is 3.15. The van der Waals surface area contributed by atoms with Crippen molar-refractivity contribution in [2.75, 3.05) is 12.8 Å². The van der Waals surface area contributed by atoms with Crippen LogP contribution in [0.4, 0.5) is 23.2 Å². The molecule has 3 aromatic rings. The molecular weight excluding hydrogens is 411 g/mol. The molecule has 0 aliphatic heterocycles. The van der Waals surface area contributed by atoms with E-state index in [1.54, 1.807) is 0 Å². The van der Waals surface area contributed by atoms with E-state index in [1.807, 2.05) is 0 Å². The Bertz CT molecular complexity index is 1220. The minimum atomic E-state index is -4.84. The second-order valence-corrected chi connectivity index (χ2v) is 6.78. The highest BCUT2D eigenvalue weighted by atomic mass is 31.0. The summed E-state index contributed by atoms with van der Waals surface area (Å²) in [6.45, 7) is 1.20. The maximum atomic E-state index is 15.1. The SMILES string of the molecule is COc1nc2c(P)c(-c3c(C=N)c(N)cc(C)c3C(F)(F)F)c(F)cc2c(=O)[nH]1. The minimum absolute atomic E-state index is 0.0591. The summed E-state index contributed by atoms with van der Waals surface area (Å²) in [6, 6.07) is 1.70. The van der Waals surface area contributed by atoms with Crippen molar-refractivity contribution in [2.45, 2.75) is 13.1 Å². The van der Waals surface area contributed by atoms with Gasteiger partial charge in [-0.25, -0.2) is 4.39 Å². The number of rotatable bonds is 3. The molecule has 0 radical (unpaired) electrons. The van der Waals surface area contributed by atoms with Crippen molar-refractivity contribution < 1.29 is 22.3 Å². The molecule has 0 spiro atoms. The third-order valence-electron chi connectivity index (χ3n) is 4.44. The smallest absolute Gasteiger partial charge is 0.417 e. The van der Waals surface area contributed by atoms with Crippen molar-refractivity contribution in [2.24, 2.45) is 0 Å². The number of halogens is 4. The fraction of sp³-hybridized carbons (Fsp3) is 0.167. The van der Waals surface area contributed by atoms with Gasteiger partial charge in [0.05, 0.1) is 23.6 Å². The molecule has 152 valence electrons. The maximum absolute atomic E-state index is 15.1. The van der Waals surface area contributed by atoms with E-state index in [2.05, 4.69) is 19.2 Å². The quantitative estimate of drug-likeness (QED) is 0.259. The fourth-order valence-electron chi connectivity index (χ4n) is 3.24. The summed E-state index contributed by atoms with van der Waals surface area (Å²) in [5.41, 5.74) is 2.25. The van der Waals surface area contributed by atoms with Crippen molar-refractivity contribution in [1.82, 2.24) is 9.97 Å². The van der Waals surface area contributed by atoms with Crippen molar-refractivity contribution in [3.8, 4) is 17.1 Å². The first-order chi connectivity index (χ1) is 13.5. The summed E-state index contributed by atoms with van der Waals surface area (Å²) in [5, 5.41) is 7.30. The number of fused-ring (bicyclic) bond motifs is 1. The number of aryl methyl sites for hydroxylation is 1. The Hall–Kier alpha value is -3.00. The van der Waals surface area contributed by atoms with Crippen LogP contribution in [0.15, 0.2) is 16.9 Å². The number of anilines is 1. The Balaban J connectivity index is 2.59. The number of nitrogens with two attached hydrogens (primary N) is 1. The standard InChI is InChI=1S/C18H15F4N4O2P/c1-6-3-10(24)8(5-23)11(13(6)18(20,21)22)12-9(19)4-7-14(15(12)29)25-17(28-2)26-16(7)27/h3-5,23H,24,29H2,1-2H3,(H,25,26,27). The second-order valence-electron chi connectivity index (χ2n) is 6.21. The number of H-pyrrole nitrogens is 1. The third-order valence-corrected chi connectivity index (χ3v) is 5.00. The molecule has 1 atom stereocenters. The number of methoxy groups -OCH3 is 1. The fourth-order valence-corrected chi connectivity index (χ4v) is 3.74. The van der Waals surface area contributed by atoms with Crippen LogP contribution in [-0.2, 0) is 6.18 Å². The van der Waals surface area contributed by atoms with Gasteiger partial charge in [0.2, 0.25) is 0 Å². The van der Waals surface area contributed by atoms with Crippen LogP contribution in [-0.4, -0.2) is 23.3 Å². The molecule has 1 aromatic heterocycles. The Labute approximate surface area is 163 Å². The lowest BCUT2D eigenvalue weighted by atomic mass is 9.89. The zero-order valence-electron chi connectivity index (χ0n) is 15.2. The topological polar surface area (TPSA) is 105 Å². The van der Waals surface area contributed by atoms with Gasteiger partial charge >= 0.3 is 6.18 Å². The summed E-state index contributed by atoms with van der Waals surface area (Å²) in [5.74, 6) is -1.08. The van der Waals surface area contributed by atoms with Gasteiger partial charge in [-0.05, 0) is 24.6 Å². The number of aromatic nitrogens is 2. The lowest BCUT2D eigenvalue weighted by Gasteiger charge is -2.21. The maximum Gasteiger partial charge on any atom is 0.417 e. The van der Waals surface area contributed by atoms with E-state index in [-0.39, 0.29) is 39.0 Å². The lowest BCUT2D eigenvalue weighted by Crippen LogP contribution is -2.19. The highest BCUT2D eigenvalue weighted by molar-refractivity contribution is 7.29. The molecule has 0 aliphatic carbocycles. The largest absolute Gasteiger partial charge is 0.468 e. The summed E-state index contributed by atoms with van der Waals surface area (Å²) < 4.78 is 61.6. The number of alkyl halides is 3.